The summed E-state index contributed by atoms with van der Waals surface area (Å²) in [4.78, 5) is 0. The molecule has 6 heteroatoms. The van der Waals surface area contributed by atoms with Gasteiger partial charge in [-0.25, -0.2) is 0 Å². The SMILES string of the molecule is NCC1(CCOCC(F)(F)F)CCOC1. The highest BCUT2D eigenvalue weighted by molar-refractivity contribution is 4.83. The fraction of sp³-hybridized carbons (Fsp3) is 1.00. The van der Waals surface area contributed by atoms with Crippen LogP contribution in [0.25, 0.3) is 0 Å². The van der Waals surface area contributed by atoms with Crippen LogP contribution in [-0.2, 0) is 9.47 Å². The molecule has 1 rings (SSSR count). The van der Waals surface area contributed by atoms with E-state index in [0.717, 1.165) is 6.42 Å². The maximum Gasteiger partial charge on any atom is 0.411 e. The summed E-state index contributed by atoms with van der Waals surface area (Å²) in [5.74, 6) is 0. The molecule has 0 saturated carbocycles. The Morgan fingerprint density at radius 1 is 1.40 bits per heavy atom. The molecule has 0 aromatic carbocycles. The van der Waals surface area contributed by atoms with Gasteiger partial charge in [0.2, 0.25) is 0 Å². The van der Waals surface area contributed by atoms with Gasteiger partial charge in [0.15, 0.2) is 0 Å². The molecule has 1 aliphatic heterocycles. The molecular weight excluding hydrogens is 211 g/mol. The van der Waals surface area contributed by atoms with Crippen LogP contribution in [0.15, 0.2) is 0 Å². The number of rotatable bonds is 5. The molecule has 15 heavy (non-hydrogen) atoms. The second kappa shape index (κ2) is 5.14. The summed E-state index contributed by atoms with van der Waals surface area (Å²) in [7, 11) is 0. The van der Waals surface area contributed by atoms with E-state index in [-0.39, 0.29) is 12.0 Å². The van der Waals surface area contributed by atoms with Gasteiger partial charge in [0.05, 0.1) is 6.61 Å². The van der Waals surface area contributed by atoms with Crippen molar-refractivity contribution < 1.29 is 22.6 Å². The number of alkyl halides is 3. The van der Waals surface area contributed by atoms with Gasteiger partial charge in [0.25, 0.3) is 0 Å². The molecular formula is C9H16F3NO2. The molecule has 0 bridgehead atoms. The average molecular weight is 227 g/mol. The van der Waals surface area contributed by atoms with E-state index >= 15 is 0 Å². The van der Waals surface area contributed by atoms with E-state index in [0.29, 0.717) is 26.2 Å². The molecule has 0 aromatic heterocycles. The van der Waals surface area contributed by atoms with Crippen molar-refractivity contribution in [1.29, 1.82) is 0 Å². The van der Waals surface area contributed by atoms with Gasteiger partial charge in [0.1, 0.15) is 6.61 Å². The van der Waals surface area contributed by atoms with Crippen molar-refractivity contribution in [3.8, 4) is 0 Å². The lowest BCUT2D eigenvalue weighted by Crippen LogP contribution is -2.32. The van der Waals surface area contributed by atoms with E-state index in [2.05, 4.69) is 4.74 Å². The fourth-order valence-electron chi connectivity index (χ4n) is 1.59. The standard InChI is InChI=1S/C9H16F3NO2/c10-9(11,12)7-15-4-2-8(5-13)1-3-14-6-8/h1-7,13H2. The van der Waals surface area contributed by atoms with Gasteiger partial charge in [-0.05, 0) is 12.8 Å². The van der Waals surface area contributed by atoms with Crippen LogP contribution in [-0.4, -0.2) is 39.1 Å². The van der Waals surface area contributed by atoms with Gasteiger partial charge in [-0.15, -0.1) is 0 Å². The van der Waals surface area contributed by atoms with Gasteiger partial charge >= 0.3 is 6.18 Å². The van der Waals surface area contributed by atoms with Crippen LogP contribution in [0.2, 0.25) is 0 Å². The Labute approximate surface area is 86.7 Å². The fourth-order valence-corrected chi connectivity index (χ4v) is 1.59. The quantitative estimate of drug-likeness (QED) is 0.720. The zero-order chi connectivity index (χ0) is 11.4. The van der Waals surface area contributed by atoms with Crippen LogP contribution in [0.5, 0.6) is 0 Å². The summed E-state index contributed by atoms with van der Waals surface area (Å²) in [6, 6.07) is 0. The first kappa shape index (κ1) is 12.7. The molecule has 90 valence electrons. The Kier molecular flexibility index (Phi) is 4.36. The van der Waals surface area contributed by atoms with Crippen molar-refractivity contribution in [3.63, 3.8) is 0 Å². The third-order valence-corrected chi connectivity index (χ3v) is 2.66. The molecule has 1 fully saturated rings. The number of hydrogen-bond donors (Lipinski definition) is 1. The Balaban J connectivity index is 2.18. The van der Waals surface area contributed by atoms with E-state index < -0.39 is 12.8 Å². The smallest absolute Gasteiger partial charge is 0.381 e. The van der Waals surface area contributed by atoms with Crippen molar-refractivity contribution in [2.45, 2.75) is 19.0 Å². The summed E-state index contributed by atoms with van der Waals surface area (Å²) >= 11 is 0. The molecule has 1 unspecified atom stereocenters. The lowest BCUT2D eigenvalue weighted by molar-refractivity contribution is -0.175. The molecule has 0 amide bonds. The largest absolute Gasteiger partial charge is 0.411 e. The first-order chi connectivity index (χ1) is 6.97. The predicted octanol–water partition coefficient (Wildman–Crippen LogP) is 1.32. The van der Waals surface area contributed by atoms with Crippen LogP contribution in [0.3, 0.4) is 0 Å². The van der Waals surface area contributed by atoms with E-state index in [1.807, 2.05) is 0 Å². The van der Waals surface area contributed by atoms with Crippen LogP contribution in [0, 0.1) is 5.41 Å². The van der Waals surface area contributed by atoms with Crippen molar-refractivity contribution in [2.24, 2.45) is 11.1 Å². The van der Waals surface area contributed by atoms with Crippen LogP contribution < -0.4 is 5.73 Å². The zero-order valence-electron chi connectivity index (χ0n) is 8.48. The minimum atomic E-state index is -4.25. The first-order valence-electron chi connectivity index (χ1n) is 4.90. The Morgan fingerprint density at radius 3 is 2.60 bits per heavy atom. The third-order valence-electron chi connectivity index (χ3n) is 2.66. The van der Waals surface area contributed by atoms with Crippen molar-refractivity contribution in [2.75, 3.05) is 33.0 Å². The maximum atomic E-state index is 11.8. The molecule has 3 nitrogen and oxygen atoms in total. The summed E-state index contributed by atoms with van der Waals surface area (Å²) in [5.41, 5.74) is 5.40. The lowest BCUT2D eigenvalue weighted by atomic mass is 9.84. The summed E-state index contributed by atoms with van der Waals surface area (Å²) in [6.07, 6.45) is -2.92. The molecule has 0 aliphatic carbocycles. The molecule has 0 aromatic rings. The van der Waals surface area contributed by atoms with Gasteiger partial charge in [-0.3, -0.25) is 0 Å². The molecule has 1 atom stereocenters. The molecule has 1 heterocycles. The Bertz CT molecular complexity index is 190. The molecule has 1 saturated heterocycles. The average Bonchev–Trinajstić information content (AvgIpc) is 2.60. The lowest BCUT2D eigenvalue weighted by Gasteiger charge is -2.25. The van der Waals surface area contributed by atoms with Crippen molar-refractivity contribution in [3.05, 3.63) is 0 Å². The minimum Gasteiger partial charge on any atom is -0.381 e. The summed E-state index contributed by atoms with van der Waals surface area (Å²) < 4.78 is 45.0. The molecule has 0 radical (unpaired) electrons. The van der Waals surface area contributed by atoms with Gasteiger partial charge < -0.3 is 15.2 Å². The van der Waals surface area contributed by atoms with E-state index in [1.54, 1.807) is 0 Å². The van der Waals surface area contributed by atoms with Gasteiger partial charge in [0, 0.05) is 25.2 Å². The number of ether oxygens (including phenoxy) is 2. The highest BCUT2D eigenvalue weighted by atomic mass is 19.4. The van der Waals surface area contributed by atoms with Crippen molar-refractivity contribution >= 4 is 0 Å². The Morgan fingerprint density at radius 2 is 2.13 bits per heavy atom. The van der Waals surface area contributed by atoms with E-state index in [9.17, 15) is 13.2 Å². The number of nitrogens with two attached hydrogens (primary N) is 1. The van der Waals surface area contributed by atoms with E-state index in [1.165, 1.54) is 0 Å². The highest BCUT2D eigenvalue weighted by Gasteiger charge is 2.34. The summed E-state index contributed by atoms with van der Waals surface area (Å²) in [5, 5.41) is 0. The zero-order valence-corrected chi connectivity index (χ0v) is 8.48. The maximum absolute atomic E-state index is 11.8. The second-order valence-electron chi connectivity index (χ2n) is 3.92. The van der Waals surface area contributed by atoms with E-state index in [4.69, 9.17) is 10.5 Å². The van der Waals surface area contributed by atoms with Crippen LogP contribution >= 0.6 is 0 Å². The molecule has 2 N–H and O–H groups in total. The third kappa shape index (κ3) is 4.36. The monoisotopic (exact) mass is 227 g/mol. The normalized spacial score (nSPS) is 27.2. The Hall–Kier alpha value is -0.330. The topological polar surface area (TPSA) is 44.5 Å². The molecule has 0 spiro atoms. The summed E-state index contributed by atoms with van der Waals surface area (Å²) in [6.45, 7) is 0.492. The van der Waals surface area contributed by atoms with Gasteiger partial charge in [-0.2, -0.15) is 13.2 Å². The first-order valence-corrected chi connectivity index (χ1v) is 4.90. The molecule has 1 aliphatic rings. The number of hydrogen-bond acceptors (Lipinski definition) is 3. The van der Waals surface area contributed by atoms with Crippen molar-refractivity contribution in [1.82, 2.24) is 0 Å². The minimum absolute atomic E-state index is 0.0834. The van der Waals surface area contributed by atoms with Crippen LogP contribution in [0.1, 0.15) is 12.8 Å². The number of halogens is 3. The predicted molar refractivity (Wildman–Crippen MR) is 48.4 cm³/mol. The van der Waals surface area contributed by atoms with Crippen LogP contribution in [0.4, 0.5) is 13.2 Å². The highest BCUT2D eigenvalue weighted by Crippen LogP contribution is 2.31. The van der Waals surface area contributed by atoms with Gasteiger partial charge in [-0.1, -0.05) is 0 Å². The second-order valence-corrected chi connectivity index (χ2v) is 3.92.